The van der Waals surface area contributed by atoms with Crippen LogP contribution in [0.15, 0.2) is 29.3 Å². The van der Waals surface area contributed by atoms with Gasteiger partial charge < -0.3 is 15.4 Å². The highest BCUT2D eigenvalue weighted by molar-refractivity contribution is 7.98. The Hall–Kier alpha value is -2.94. The van der Waals surface area contributed by atoms with Crippen molar-refractivity contribution in [3.05, 3.63) is 46.9 Å². The van der Waals surface area contributed by atoms with E-state index in [1.807, 2.05) is 6.26 Å². The zero-order chi connectivity index (χ0) is 20.0. The standard InChI is InChI=1S/C18H20N4O4S/c1-10-15(18(27-4)21-11(2)20-10)17(25)22-13-7-5-6-12(8-13)16(24)19-9-14(23)26-3/h5-8H,9H2,1-4H3,(H,19,24)(H,22,25). The van der Waals surface area contributed by atoms with Crippen LogP contribution >= 0.6 is 11.8 Å². The highest BCUT2D eigenvalue weighted by Gasteiger charge is 2.18. The van der Waals surface area contributed by atoms with E-state index in [2.05, 4.69) is 25.3 Å². The van der Waals surface area contributed by atoms with Gasteiger partial charge in [-0.25, -0.2) is 9.97 Å². The van der Waals surface area contributed by atoms with Gasteiger partial charge in [0.2, 0.25) is 0 Å². The van der Waals surface area contributed by atoms with Gasteiger partial charge in [0, 0.05) is 11.3 Å². The molecule has 0 fully saturated rings. The minimum atomic E-state index is -0.549. The third-order valence-electron chi connectivity index (χ3n) is 3.59. The fraction of sp³-hybridized carbons (Fsp3) is 0.278. The van der Waals surface area contributed by atoms with Crippen molar-refractivity contribution in [1.82, 2.24) is 15.3 Å². The number of benzene rings is 1. The van der Waals surface area contributed by atoms with Gasteiger partial charge in [-0.1, -0.05) is 6.07 Å². The van der Waals surface area contributed by atoms with Crippen molar-refractivity contribution in [3.63, 3.8) is 0 Å². The molecule has 9 heteroatoms. The van der Waals surface area contributed by atoms with Gasteiger partial charge in [-0.3, -0.25) is 14.4 Å². The second kappa shape index (κ2) is 9.13. The lowest BCUT2D eigenvalue weighted by atomic mass is 10.1. The minimum Gasteiger partial charge on any atom is -0.468 e. The van der Waals surface area contributed by atoms with Crippen LogP contribution in [0.5, 0.6) is 0 Å². The molecule has 1 aromatic heterocycles. The lowest BCUT2D eigenvalue weighted by molar-refractivity contribution is -0.139. The van der Waals surface area contributed by atoms with Crippen LogP contribution in [0, 0.1) is 13.8 Å². The van der Waals surface area contributed by atoms with Crippen molar-refractivity contribution in [2.75, 3.05) is 25.2 Å². The molecule has 0 atom stereocenters. The number of aryl methyl sites for hydroxylation is 2. The number of carbonyl (C=O) groups excluding carboxylic acids is 3. The summed E-state index contributed by atoms with van der Waals surface area (Å²) in [5.74, 6) is -0.759. The number of rotatable bonds is 6. The summed E-state index contributed by atoms with van der Waals surface area (Å²) in [6.07, 6.45) is 1.84. The van der Waals surface area contributed by atoms with Crippen molar-refractivity contribution in [1.29, 1.82) is 0 Å². The van der Waals surface area contributed by atoms with Crippen LogP contribution < -0.4 is 10.6 Å². The number of aromatic nitrogens is 2. The minimum absolute atomic E-state index is 0.233. The number of amides is 2. The molecule has 0 saturated carbocycles. The summed E-state index contributed by atoms with van der Waals surface area (Å²) in [5.41, 5.74) is 1.72. The van der Waals surface area contributed by atoms with Crippen molar-refractivity contribution in [3.8, 4) is 0 Å². The predicted molar refractivity (Wildman–Crippen MR) is 102 cm³/mol. The number of carbonyl (C=O) groups is 3. The molecule has 1 heterocycles. The molecule has 142 valence electrons. The largest absolute Gasteiger partial charge is 0.468 e. The van der Waals surface area contributed by atoms with Crippen LogP contribution in [-0.2, 0) is 9.53 Å². The van der Waals surface area contributed by atoms with Crippen molar-refractivity contribution >= 4 is 35.2 Å². The smallest absolute Gasteiger partial charge is 0.325 e. The van der Waals surface area contributed by atoms with Crippen molar-refractivity contribution < 1.29 is 19.1 Å². The summed E-state index contributed by atoms with van der Waals surface area (Å²) in [5, 5.41) is 5.79. The van der Waals surface area contributed by atoms with Crippen LogP contribution in [0.25, 0.3) is 0 Å². The Morgan fingerprint density at radius 1 is 1.15 bits per heavy atom. The molecule has 0 radical (unpaired) electrons. The molecule has 2 N–H and O–H groups in total. The highest BCUT2D eigenvalue weighted by Crippen LogP contribution is 2.22. The molecule has 27 heavy (non-hydrogen) atoms. The topological polar surface area (TPSA) is 110 Å². The molecule has 0 aliphatic rings. The quantitative estimate of drug-likeness (QED) is 0.442. The normalized spacial score (nSPS) is 10.2. The van der Waals surface area contributed by atoms with E-state index in [0.29, 0.717) is 33.4 Å². The second-order valence-electron chi connectivity index (χ2n) is 5.53. The van der Waals surface area contributed by atoms with Crippen LogP contribution in [0.3, 0.4) is 0 Å². The maximum absolute atomic E-state index is 12.7. The van der Waals surface area contributed by atoms with Gasteiger partial charge in [-0.15, -0.1) is 11.8 Å². The van der Waals surface area contributed by atoms with E-state index in [9.17, 15) is 14.4 Å². The Morgan fingerprint density at radius 2 is 1.89 bits per heavy atom. The molecular weight excluding hydrogens is 368 g/mol. The van der Waals surface area contributed by atoms with Gasteiger partial charge in [0.05, 0.1) is 18.4 Å². The van der Waals surface area contributed by atoms with Gasteiger partial charge in [-0.2, -0.15) is 0 Å². The molecule has 8 nitrogen and oxygen atoms in total. The summed E-state index contributed by atoms with van der Waals surface area (Å²) in [6.45, 7) is 3.29. The predicted octanol–water partition coefficient (Wildman–Crippen LogP) is 1.97. The van der Waals surface area contributed by atoms with E-state index in [1.54, 1.807) is 32.0 Å². The Bertz CT molecular complexity index is 886. The van der Waals surface area contributed by atoms with Crippen molar-refractivity contribution in [2.45, 2.75) is 18.9 Å². The number of ether oxygens (including phenoxy) is 1. The molecule has 0 aliphatic heterocycles. The Kier molecular flexibility index (Phi) is 6.89. The molecule has 1 aromatic carbocycles. The summed E-state index contributed by atoms with van der Waals surface area (Å²) in [7, 11) is 1.24. The number of anilines is 1. The number of hydrogen-bond acceptors (Lipinski definition) is 7. The van der Waals surface area contributed by atoms with Crippen LogP contribution in [-0.4, -0.2) is 47.7 Å². The number of hydrogen-bond donors (Lipinski definition) is 2. The lowest BCUT2D eigenvalue weighted by Crippen LogP contribution is -2.30. The molecule has 0 unspecified atom stereocenters. The summed E-state index contributed by atoms with van der Waals surface area (Å²) in [4.78, 5) is 44.5. The first-order chi connectivity index (χ1) is 12.8. The molecule has 2 aromatic rings. The lowest BCUT2D eigenvalue weighted by Gasteiger charge is -2.12. The summed E-state index contributed by atoms with van der Waals surface area (Å²) < 4.78 is 4.48. The van der Waals surface area contributed by atoms with Crippen LogP contribution in [0.1, 0.15) is 32.2 Å². The van der Waals surface area contributed by atoms with Gasteiger partial charge in [0.15, 0.2) is 0 Å². The first-order valence-electron chi connectivity index (χ1n) is 8.01. The zero-order valence-electron chi connectivity index (χ0n) is 15.5. The number of nitrogens with one attached hydrogen (secondary N) is 2. The van der Waals surface area contributed by atoms with E-state index in [4.69, 9.17) is 0 Å². The fourth-order valence-electron chi connectivity index (χ4n) is 2.35. The Balaban J connectivity index is 2.18. The maximum atomic E-state index is 12.7. The molecular formula is C18H20N4O4S. The monoisotopic (exact) mass is 388 g/mol. The third-order valence-corrected chi connectivity index (χ3v) is 4.27. The first kappa shape index (κ1) is 20.4. The van der Waals surface area contributed by atoms with Crippen LogP contribution in [0.2, 0.25) is 0 Å². The molecule has 0 saturated heterocycles. The number of nitrogens with zero attached hydrogens (tertiary/aromatic N) is 2. The van der Waals surface area contributed by atoms with E-state index in [1.165, 1.54) is 24.9 Å². The van der Waals surface area contributed by atoms with Gasteiger partial charge >= 0.3 is 5.97 Å². The van der Waals surface area contributed by atoms with E-state index in [-0.39, 0.29) is 12.5 Å². The first-order valence-corrected chi connectivity index (χ1v) is 9.23. The van der Waals surface area contributed by atoms with Crippen LogP contribution in [0.4, 0.5) is 5.69 Å². The third kappa shape index (κ3) is 5.27. The average Bonchev–Trinajstić information content (AvgIpc) is 2.64. The number of thioether (sulfide) groups is 1. The highest BCUT2D eigenvalue weighted by atomic mass is 32.2. The van der Waals surface area contributed by atoms with Gasteiger partial charge in [0.1, 0.15) is 17.4 Å². The number of esters is 1. The van der Waals surface area contributed by atoms with E-state index in [0.717, 1.165) is 0 Å². The molecule has 0 bridgehead atoms. The van der Waals surface area contributed by atoms with E-state index < -0.39 is 11.9 Å². The maximum Gasteiger partial charge on any atom is 0.325 e. The zero-order valence-corrected chi connectivity index (χ0v) is 16.3. The molecule has 2 amide bonds. The van der Waals surface area contributed by atoms with Gasteiger partial charge in [0.25, 0.3) is 11.8 Å². The molecule has 0 aliphatic carbocycles. The van der Waals surface area contributed by atoms with E-state index >= 15 is 0 Å². The number of methoxy groups -OCH3 is 1. The summed E-state index contributed by atoms with van der Waals surface area (Å²) >= 11 is 1.36. The Labute approximate surface area is 161 Å². The fourth-order valence-corrected chi connectivity index (χ4v) is 3.02. The van der Waals surface area contributed by atoms with Crippen molar-refractivity contribution in [2.24, 2.45) is 0 Å². The second-order valence-corrected chi connectivity index (χ2v) is 6.33. The molecule has 2 rings (SSSR count). The average molecular weight is 388 g/mol. The van der Waals surface area contributed by atoms with Gasteiger partial charge in [-0.05, 0) is 38.3 Å². The molecule has 0 spiro atoms. The SMILES string of the molecule is COC(=O)CNC(=O)c1cccc(NC(=O)c2c(C)nc(C)nc2SC)c1. The summed E-state index contributed by atoms with van der Waals surface area (Å²) in [6, 6.07) is 6.40. The Morgan fingerprint density at radius 3 is 2.56 bits per heavy atom.